The van der Waals surface area contributed by atoms with Crippen molar-refractivity contribution in [2.75, 3.05) is 44.8 Å². The Balaban J connectivity index is 1.26. The van der Waals surface area contributed by atoms with Gasteiger partial charge >= 0.3 is 0 Å². The zero-order chi connectivity index (χ0) is 18.6. The molecule has 2 aliphatic heterocycles. The van der Waals surface area contributed by atoms with E-state index >= 15 is 0 Å². The highest BCUT2D eigenvalue weighted by Gasteiger charge is 2.23. The lowest BCUT2D eigenvalue weighted by atomic mass is 10.2. The average Bonchev–Trinajstić information content (AvgIpc) is 3.16. The van der Waals surface area contributed by atoms with Gasteiger partial charge in [-0.25, -0.2) is 0 Å². The number of hydrogen-bond donors (Lipinski definition) is 1. The van der Waals surface area contributed by atoms with Crippen LogP contribution in [0.3, 0.4) is 0 Å². The maximum Gasteiger partial charge on any atom is 0.253 e. The quantitative estimate of drug-likeness (QED) is 0.893. The van der Waals surface area contributed by atoms with Crippen LogP contribution in [0.15, 0.2) is 48.5 Å². The minimum atomic E-state index is -0.0864. The third-order valence-corrected chi connectivity index (χ3v) is 4.70. The van der Waals surface area contributed by atoms with Crippen molar-refractivity contribution >= 4 is 17.5 Å². The molecule has 2 amide bonds. The first-order valence-corrected chi connectivity index (χ1v) is 8.95. The predicted molar refractivity (Wildman–Crippen MR) is 100.0 cm³/mol. The molecule has 0 saturated carbocycles. The Morgan fingerprint density at radius 2 is 1.67 bits per heavy atom. The lowest BCUT2D eigenvalue weighted by Crippen LogP contribution is -2.50. The van der Waals surface area contributed by atoms with E-state index in [-0.39, 0.29) is 18.6 Å². The molecule has 2 aromatic carbocycles. The van der Waals surface area contributed by atoms with Crippen LogP contribution >= 0.6 is 0 Å². The highest BCUT2D eigenvalue weighted by molar-refractivity contribution is 5.94. The van der Waals surface area contributed by atoms with Crippen molar-refractivity contribution in [3.05, 3.63) is 54.1 Å². The summed E-state index contributed by atoms with van der Waals surface area (Å²) in [6.45, 7) is 3.08. The van der Waals surface area contributed by atoms with E-state index in [9.17, 15) is 9.59 Å². The van der Waals surface area contributed by atoms with Gasteiger partial charge in [0.05, 0.1) is 6.54 Å². The van der Waals surface area contributed by atoms with Crippen LogP contribution in [0.1, 0.15) is 10.4 Å². The second-order valence-electron chi connectivity index (χ2n) is 6.55. The number of nitrogens with zero attached hydrogens (tertiary/aromatic N) is 2. The van der Waals surface area contributed by atoms with E-state index in [0.29, 0.717) is 55.5 Å². The zero-order valence-corrected chi connectivity index (χ0v) is 14.9. The number of nitrogens with one attached hydrogen (secondary N) is 1. The maximum atomic E-state index is 12.5. The summed E-state index contributed by atoms with van der Waals surface area (Å²) in [5, 5.41) is 2.88. The fourth-order valence-corrected chi connectivity index (χ4v) is 3.25. The molecule has 0 aliphatic carbocycles. The van der Waals surface area contributed by atoms with Crippen LogP contribution in [-0.4, -0.2) is 61.1 Å². The fourth-order valence-electron chi connectivity index (χ4n) is 3.25. The first kappa shape index (κ1) is 17.4. The number of carbonyl (C=O) groups is 2. The van der Waals surface area contributed by atoms with Crippen LogP contribution < -0.4 is 14.8 Å². The third kappa shape index (κ3) is 4.03. The SMILES string of the molecule is O=C(CN1CCN(C(=O)c2ccccc2)CC1)Nc1ccc2c(c1)OCO2. The molecule has 0 unspecified atom stereocenters. The summed E-state index contributed by atoms with van der Waals surface area (Å²) in [4.78, 5) is 28.7. The van der Waals surface area contributed by atoms with Crippen LogP contribution in [0.25, 0.3) is 0 Å². The molecule has 7 nitrogen and oxygen atoms in total. The summed E-state index contributed by atoms with van der Waals surface area (Å²) in [6, 6.07) is 14.6. The second kappa shape index (κ2) is 7.67. The average molecular weight is 367 g/mol. The smallest absolute Gasteiger partial charge is 0.253 e. The van der Waals surface area contributed by atoms with Gasteiger partial charge in [-0.05, 0) is 24.3 Å². The number of piperazine rings is 1. The fraction of sp³-hybridized carbons (Fsp3) is 0.300. The molecule has 140 valence electrons. The molecular weight excluding hydrogens is 346 g/mol. The van der Waals surface area contributed by atoms with E-state index in [2.05, 4.69) is 10.2 Å². The van der Waals surface area contributed by atoms with Crippen molar-refractivity contribution in [3.63, 3.8) is 0 Å². The molecule has 2 aliphatic rings. The highest BCUT2D eigenvalue weighted by atomic mass is 16.7. The molecule has 4 rings (SSSR count). The van der Waals surface area contributed by atoms with E-state index in [1.54, 1.807) is 18.2 Å². The predicted octanol–water partition coefficient (Wildman–Crippen LogP) is 1.81. The van der Waals surface area contributed by atoms with Gasteiger partial charge in [0.2, 0.25) is 12.7 Å². The van der Waals surface area contributed by atoms with Crippen LogP contribution in [0, 0.1) is 0 Å². The minimum Gasteiger partial charge on any atom is -0.454 e. The standard InChI is InChI=1S/C20H21N3O4/c24-19(21-16-6-7-17-18(12-16)27-14-26-17)13-22-8-10-23(11-9-22)20(25)15-4-2-1-3-5-15/h1-7,12H,8-11,13-14H2,(H,21,24). The van der Waals surface area contributed by atoms with Gasteiger partial charge < -0.3 is 19.7 Å². The Hall–Kier alpha value is -3.06. The van der Waals surface area contributed by atoms with E-state index in [1.807, 2.05) is 35.2 Å². The Morgan fingerprint density at radius 3 is 2.44 bits per heavy atom. The summed E-state index contributed by atoms with van der Waals surface area (Å²) in [5.41, 5.74) is 1.38. The number of amides is 2. The van der Waals surface area contributed by atoms with Crippen LogP contribution in [0.5, 0.6) is 11.5 Å². The minimum absolute atomic E-state index is 0.0417. The van der Waals surface area contributed by atoms with Gasteiger partial charge in [0.1, 0.15) is 0 Å². The van der Waals surface area contributed by atoms with Crippen molar-refractivity contribution in [1.82, 2.24) is 9.80 Å². The second-order valence-corrected chi connectivity index (χ2v) is 6.55. The van der Waals surface area contributed by atoms with Gasteiger partial charge in [-0.3, -0.25) is 14.5 Å². The first-order chi connectivity index (χ1) is 13.2. The molecule has 0 spiro atoms. The Morgan fingerprint density at radius 1 is 0.926 bits per heavy atom. The number of rotatable bonds is 4. The lowest BCUT2D eigenvalue weighted by molar-refractivity contribution is -0.117. The number of fused-ring (bicyclic) bond motifs is 1. The van der Waals surface area contributed by atoms with Crippen LogP contribution in [0.4, 0.5) is 5.69 Å². The molecule has 0 bridgehead atoms. The monoisotopic (exact) mass is 367 g/mol. The van der Waals surface area contributed by atoms with Crippen molar-refractivity contribution in [2.45, 2.75) is 0 Å². The molecule has 2 heterocycles. The van der Waals surface area contributed by atoms with Crippen molar-refractivity contribution < 1.29 is 19.1 Å². The summed E-state index contributed by atoms with van der Waals surface area (Å²) < 4.78 is 10.6. The van der Waals surface area contributed by atoms with E-state index in [4.69, 9.17) is 9.47 Å². The van der Waals surface area contributed by atoms with Gasteiger partial charge in [0.25, 0.3) is 5.91 Å². The van der Waals surface area contributed by atoms with Crippen molar-refractivity contribution in [3.8, 4) is 11.5 Å². The summed E-state index contributed by atoms with van der Waals surface area (Å²) in [6.07, 6.45) is 0. The van der Waals surface area contributed by atoms with E-state index in [0.717, 1.165) is 0 Å². The van der Waals surface area contributed by atoms with Gasteiger partial charge in [-0.1, -0.05) is 18.2 Å². The van der Waals surface area contributed by atoms with Crippen molar-refractivity contribution in [2.24, 2.45) is 0 Å². The topological polar surface area (TPSA) is 71.1 Å². The van der Waals surface area contributed by atoms with E-state index < -0.39 is 0 Å². The molecule has 27 heavy (non-hydrogen) atoms. The molecule has 0 radical (unpaired) electrons. The lowest BCUT2D eigenvalue weighted by Gasteiger charge is -2.34. The van der Waals surface area contributed by atoms with Crippen molar-refractivity contribution in [1.29, 1.82) is 0 Å². The number of carbonyl (C=O) groups excluding carboxylic acids is 2. The third-order valence-electron chi connectivity index (χ3n) is 4.70. The van der Waals surface area contributed by atoms with Gasteiger partial charge in [-0.15, -0.1) is 0 Å². The molecule has 0 atom stereocenters. The number of benzene rings is 2. The van der Waals surface area contributed by atoms with Crippen LogP contribution in [-0.2, 0) is 4.79 Å². The largest absolute Gasteiger partial charge is 0.454 e. The first-order valence-electron chi connectivity index (χ1n) is 8.95. The Bertz CT molecular complexity index is 832. The Kier molecular flexibility index (Phi) is 4.93. The summed E-state index contributed by atoms with van der Waals surface area (Å²) in [5.74, 6) is 1.28. The molecule has 1 fully saturated rings. The van der Waals surface area contributed by atoms with Gasteiger partial charge in [0.15, 0.2) is 11.5 Å². The van der Waals surface area contributed by atoms with Crippen LogP contribution in [0.2, 0.25) is 0 Å². The number of hydrogen-bond acceptors (Lipinski definition) is 5. The molecular formula is C20H21N3O4. The highest BCUT2D eigenvalue weighted by Crippen LogP contribution is 2.34. The number of ether oxygens (including phenoxy) is 2. The molecule has 1 N–H and O–H groups in total. The maximum absolute atomic E-state index is 12.5. The Labute approximate surface area is 157 Å². The van der Waals surface area contributed by atoms with Gasteiger partial charge in [0, 0.05) is 43.5 Å². The molecule has 2 aromatic rings. The molecule has 1 saturated heterocycles. The normalized spacial score (nSPS) is 16.2. The molecule has 0 aromatic heterocycles. The van der Waals surface area contributed by atoms with Gasteiger partial charge in [-0.2, -0.15) is 0 Å². The molecule has 7 heteroatoms. The van der Waals surface area contributed by atoms with E-state index in [1.165, 1.54) is 0 Å². The summed E-state index contributed by atoms with van der Waals surface area (Å²) in [7, 11) is 0. The summed E-state index contributed by atoms with van der Waals surface area (Å²) >= 11 is 0. The number of anilines is 1. The zero-order valence-electron chi connectivity index (χ0n) is 14.9.